The highest BCUT2D eigenvalue weighted by molar-refractivity contribution is 6.74. The summed E-state index contributed by atoms with van der Waals surface area (Å²) in [6, 6.07) is 6.12. The average molecular weight is 419 g/mol. The van der Waals surface area contributed by atoms with Gasteiger partial charge in [0.1, 0.15) is 5.75 Å². The average Bonchev–Trinajstić information content (AvgIpc) is 2.97. The first kappa shape index (κ1) is 23.2. The number of benzene rings is 1. The molecule has 0 aliphatic carbocycles. The highest BCUT2D eigenvalue weighted by Crippen LogP contribution is 2.38. The quantitative estimate of drug-likeness (QED) is 0.636. The van der Waals surface area contributed by atoms with E-state index in [1.165, 1.54) is 12.1 Å². The zero-order chi connectivity index (χ0) is 21.2. The van der Waals surface area contributed by atoms with E-state index < -0.39 is 14.7 Å². The van der Waals surface area contributed by atoms with Crippen LogP contribution in [0.4, 0.5) is 13.2 Å². The second-order valence-corrected chi connectivity index (χ2v) is 13.8. The number of alkyl halides is 3. The van der Waals surface area contributed by atoms with Crippen LogP contribution >= 0.6 is 0 Å². The monoisotopic (exact) mass is 418 g/mol. The van der Waals surface area contributed by atoms with Crippen molar-refractivity contribution in [2.75, 3.05) is 26.7 Å². The predicted octanol–water partition coefficient (Wildman–Crippen LogP) is 4.94. The Morgan fingerprint density at radius 1 is 1.18 bits per heavy atom. The lowest BCUT2D eigenvalue weighted by Gasteiger charge is -2.38. The fourth-order valence-corrected chi connectivity index (χ4v) is 4.56. The Kier molecular flexibility index (Phi) is 7.23. The summed E-state index contributed by atoms with van der Waals surface area (Å²) in [6.07, 6.45) is -3.40. The largest absolute Gasteiger partial charge is 0.573 e. The Balaban J connectivity index is 1.93. The van der Waals surface area contributed by atoms with Crippen LogP contribution < -0.4 is 10.1 Å². The second-order valence-electron chi connectivity index (χ2n) is 9.01. The van der Waals surface area contributed by atoms with Gasteiger partial charge in [-0.25, -0.2) is 0 Å². The van der Waals surface area contributed by atoms with E-state index in [1.54, 1.807) is 12.1 Å². The molecule has 2 rings (SSSR count). The number of halogens is 3. The minimum Gasteiger partial charge on any atom is -0.413 e. The van der Waals surface area contributed by atoms with E-state index >= 15 is 0 Å². The third-order valence-corrected chi connectivity index (χ3v) is 10.3. The smallest absolute Gasteiger partial charge is 0.413 e. The van der Waals surface area contributed by atoms with Crippen LogP contribution in [0.3, 0.4) is 0 Å². The van der Waals surface area contributed by atoms with Crippen LogP contribution in [0.1, 0.15) is 38.8 Å². The number of hydrogen-bond donors (Lipinski definition) is 1. The van der Waals surface area contributed by atoms with Gasteiger partial charge in [0.2, 0.25) is 0 Å². The van der Waals surface area contributed by atoms with Crippen molar-refractivity contribution >= 4 is 8.32 Å². The van der Waals surface area contributed by atoms with E-state index in [1.807, 2.05) is 7.05 Å². The highest BCUT2D eigenvalue weighted by Gasteiger charge is 2.40. The van der Waals surface area contributed by atoms with Crippen LogP contribution in [0.2, 0.25) is 18.1 Å². The van der Waals surface area contributed by atoms with Crippen LogP contribution in [-0.4, -0.2) is 52.4 Å². The summed E-state index contributed by atoms with van der Waals surface area (Å²) < 4.78 is 47.4. The molecule has 4 nitrogen and oxygen atoms in total. The Morgan fingerprint density at radius 2 is 1.79 bits per heavy atom. The molecule has 1 aromatic rings. The van der Waals surface area contributed by atoms with Gasteiger partial charge in [-0.3, -0.25) is 4.90 Å². The summed E-state index contributed by atoms with van der Waals surface area (Å²) in [7, 11) is 0.0797. The number of nitrogens with zero attached hydrogens (tertiary/aromatic N) is 1. The van der Waals surface area contributed by atoms with Gasteiger partial charge in [-0.15, -0.1) is 13.2 Å². The first-order chi connectivity index (χ1) is 12.8. The lowest BCUT2D eigenvalue weighted by Crippen LogP contribution is -2.44. The first-order valence-electron chi connectivity index (χ1n) is 9.74. The van der Waals surface area contributed by atoms with Crippen LogP contribution in [0.25, 0.3) is 0 Å². The molecule has 1 aliphatic heterocycles. The van der Waals surface area contributed by atoms with Crippen molar-refractivity contribution in [1.29, 1.82) is 0 Å². The van der Waals surface area contributed by atoms with Crippen molar-refractivity contribution in [1.82, 2.24) is 10.2 Å². The molecule has 1 aliphatic rings. The number of nitrogens with one attached hydrogen (secondary N) is 1. The molecule has 1 aromatic carbocycles. The van der Waals surface area contributed by atoms with Gasteiger partial charge in [-0.2, -0.15) is 0 Å². The third-order valence-electron chi connectivity index (χ3n) is 5.80. The Hall–Kier alpha value is -1.09. The topological polar surface area (TPSA) is 33.7 Å². The Labute approximate surface area is 167 Å². The van der Waals surface area contributed by atoms with Gasteiger partial charge in [0.25, 0.3) is 0 Å². The molecular formula is C20H33F3N2O2Si. The van der Waals surface area contributed by atoms with Crippen molar-refractivity contribution < 1.29 is 22.3 Å². The van der Waals surface area contributed by atoms with Gasteiger partial charge in [0.05, 0.1) is 6.10 Å². The zero-order valence-electron chi connectivity index (χ0n) is 17.7. The molecule has 0 spiro atoms. The third kappa shape index (κ3) is 6.47. The number of rotatable bonds is 7. The van der Waals surface area contributed by atoms with Gasteiger partial charge in [0.15, 0.2) is 8.32 Å². The maximum atomic E-state index is 12.3. The molecule has 28 heavy (non-hydrogen) atoms. The maximum absolute atomic E-state index is 12.3. The number of likely N-dealkylation sites (N-methyl/N-ethyl adjacent to an activating group) is 1. The van der Waals surface area contributed by atoms with Gasteiger partial charge >= 0.3 is 6.36 Å². The molecule has 0 bridgehead atoms. The predicted molar refractivity (Wildman–Crippen MR) is 108 cm³/mol. The van der Waals surface area contributed by atoms with Gasteiger partial charge in [0, 0.05) is 25.7 Å². The Morgan fingerprint density at radius 3 is 2.29 bits per heavy atom. The van der Waals surface area contributed by atoms with E-state index in [2.05, 4.69) is 48.8 Å². The zero-order valence-corrected chi connectivity index (χ0v) is 18.7. The number of hydrogen-bond acceptors (Lipinski definition) is 4. The van der Waals surface area contributed by atoms with E-state index in [4.69, 9.17) is 4.43 Å². The summed E-state index contributed by atoms with van der Waals surface area (Å²) in [6.45, 7) is 13.9. The van der Waals surface area contributed by atoms with Crippen molar-refractivity contribution in [2.45, 2.75) is 63.8 Å². The number of ether oxygens (including phenoxy) is 1. The van der Waals surface area contributed by atoms with E-state index in [0.29, 0.717) is 0 Å². The normalized spacial score (nSPS) is 20.4. The van der Waals surface area contributed by atoms with Gasteiger partial charge < -0.3 is 14.5 Å². The van der Waals surface area contributed by atoms with E-state index in [9.17, 15) is 13.2 Å². The fourth-order valence-electron chi connectivity index (χ4n) is 3.18. The highest BCUT2D eigenvalue weighted by atomic mass is 28.4. The molecule has 0 radical (unpaired) electrons. The molecule has 2 atom stereocenters. The summed E-state index contributed by atoms with van der Waals surface area (Å²) in [4.78, 5) is 2.36. The molecule has 1 unspecified atom stereocenters. The van der Waals surface area contributed by atoms with Crippen LogP contribution in [-0.2, 0) is 4.43 Å². The molecule has 8 heteroatoms. The lowest BCUT2D eigenvalue weighted by molar-refractivity contribution is -0.274. The molecule has 0 amide bonds. The van der Waals surface area contributed by atoms with Crippen LogP contribution in [0.15, 0.2) is 24.3 Å². The van der Waals surface area contributed by atoms with Crippen LogP contribution in [0, 0.1) is 0 Å². The molecule has 0 aromatic heterocycles. The first-order valence-corrected chi connectivity index (χ1v) is 12.6. The van der Waals surface area contributed by atoms with E-state index in [-0.39, 0.29) is 22.9 Å². The fraction of sp³-hybridized carbons (Fsp3) is 0.700. The van der Waals surface area contributed by atoms with Crippen molar-refractivity contribution in [2.24, 2.45) is 0 Å². The molecular weight excluding hydrogens is 385 g/mol. The molecule has 0 saturated carbocycles. The number of likely N-dealkylation sites (tertiary alicyclic amines) is 1. The van der Waals surface area contributed by atoms with E-state index in [0.717, 1.165) is 31.6 Å². The summed E-state index contributed by atoms with van der Waals surface area (Å²) in [5, 5.41) is 3.45. The van der Waals surface area contributed by atoms with Crippen molar-refractivity contribution in [3.05, 3.63) is 29.8 Å². The minimum absolute atomic E-state index is 0.0338. The molecule has 1 heterocycles. The Bertz CT molecular complexity index is 630. The summed E-state index contributed by atoms with van der Waals surface area (Å²) >= 11 is 0. The molecule has 1 saturated heterocycles. The lowest BCUT2D eigenvalue weighted by atomic mass is 10.1. The molecule has 160 valence electrons. The SMILES string of the molecule is CNC(CN1CC[C@H](O[Si](C)(C)C(C)(C)C)C1)c1ccc(OC(F)(F)F)cc1. The molecule has 1 N–H and O–H groups in total. The standard InChI is InChI=1S/C20H33F3N2O2Si/c1-19(2,3)28(5,6)27-17-11-12-25(13-17)14-18(24-4)15-7-9-16(10-8-15)26-20(21,22)23/h7-10,17-18,24H,11-14H2,1-6H3/t17-,18?/m0/s1. The van der Waals surface area contributed by atoms with Crippen molar-refractivity contribution in [3.63, 3.8) is 0 Å². The molecule has 1 fully saturated rings. The minimum atomic E-state index is -4.67. The summed E-state index contributed by atoms with van der Waals surface area (Å²) in [5.74, 6) is -0.199. The second kappa shape index (κ2) is 8.73. The maximum Gasteiger partial charge on any atom is 0.573 e. The van der Waals surface area contributed by atoms with Gasteiger partial charge in [-0.1, -0.05) is 32.9 Å². The van der Waals surface area contributed by atoms with Gasteiger partial charge in [-0.05, 0) is 49.3 Å². The van der Waals surface area contributed by atoms with Crippen molar-refractivity contribution in [3.8, 4) is 5.75 Å². The van der Waals surface area contributed by atoms with Crippen LogP contribution in [0.5, 0.6) is 5.75 Å². The summed E-state index contributed by atoms with van der Waals surface area (Å²) in [5.41, 5.74) is 0.936.